The molecule has 8 nitrogen and oxygen atoms in total. The zero-order valence-electron chi connectivity index (χ0n) is 11.9. The smallest absolute Gasteiger partial charge is 0.323 e. The number of nitrogens with zero attached hydrogens (tertiary/aromatic N) is 4. The van der Waals surface area contributed by atoms with E-state index in [2.05, 4.69) is 30.6 Å². The number of likely N-dealkylation sites (tertiary alicyclic amines) is 1. The van der Waals surface area contributed by atoms with Gasteiger partial charge in [-0.15, -0.1) is 0 Å². The van der Waals surface area contributed by atoms with Crippen LogP contribution in [-0.2, 0) is 0 Å². The Kier molecular flexibility index (Phi) is 5.75. The van der Waals surface area contributed by atoms with Crippen LogP contribution in [0.25, 0.3) is 0 Å². The lowest BCUT2D eigenvalue weighted by Crippen LogP contribution is -2.22. The second-order valence-electron chi connectivity index (χ2n) is 4.67. The Hall–Kier alpha value is -1.67. The van der Waals surface area contributed by atoms with Gasteiger partial charge in [0, 0.05) is 6.54 Å². The van der Waals surface area contributed by atoms with E-state index in [0.29, 0.717) is 18.5 Å². The zero-order chi connectivity index (χ0) is 14.2. The summed E-state index contributed by atoms with van der Waals surface area (Å²) in [5, 5.41) is 3.18. The Bertz CT molecular complexity index is 409. The lowest BCUT2D eigenvalue weighted by molar-refractivity contribution is 0.312. The van der Waals surface area contributed by atoms with Crippen molar-refractivity contribution in [1.29, 1.82) is 0 Å². The van der Waals surface area contributed by atoms with Gasteiger partial charge in [0.05, 0.1) is 6.61 Å². The maximum absolute atomic E-state index is 5.33. The molecule has 1 aromatic rings. The fourth-order valence-electron chi connectivity index (χ4n) is 2.20. The van der Waals surface area contributed by atoms with Gasteiger partial charge in [-0.1, -0.05) is 0 Å². The van der Waals surface area contributed by atoms with E-state index in [1.807, 2.05) is 6.92 Å². The predicted octanol–water partition coefficient (Wildman–Crippen LogP) is 0.454. The van der Waals surface area contributed by atoms with Crippen molar-refractivity contribution in [2.45, 2.75) is 26.2 Å². The van der Waals surface area contributed by atoms with Gasteiger partial charge in [-0.25, -0.2) is 5.84 Å². The summed E-state index contributed by atoms with van der Waals surface area (Å²) in [6, 6.07) is 0.275. The number of hydrogen-bond acceptors (Lipinski definition) is 8. The van der Waals surface area contributed by atoms with Crippen LogP contribution in [0.5, 0.6) is 6.01 Å². The van der Waals surface area contributed by atoms with Crippen LogP contribution in [0.3, 0.4) is 0 Å². The molecule has 4 N–H and O–H groups in total. The summed E-state index contributed by atoms with van der Waals surface area (Å²) in [7, 11) is 0. The van der Waals surface area contributed by atoms with Crippen molar-refractivity contribution in [3.8, 4) is 6.01 Å². The van der Waals surface area contributed by atoms with Gasteiger partial charge in [-0.3, -0.25) is 5.43 Å². The molecule has 1 aliphatic rings. The molecule has 1 fully saturated rings. The van der Waals surface area contributed by atoms with Crippen LogP contribution >= 0.6 is 0 Å². The first-order valence-corrected chi connectivity index (χ1v) is 7.13. The molecule has 2 heterocycles. The van der Waals surface area contributed by atoms with E-state index in [0.717, 1.165) is 19.5 Å². The van der Waals surface area contributed by atoms with Crippen LogP contribution in [0.2, 0.25) is 0 Å². The number of hydrogen-bond donors (Lipinski definition) is 3. The fraction of sp³-hybridized carbons (Fsp3) is 0.750. The lowest BCUT2D eigenvalue weighted by Gasteiger charge is -2.14. The van der Waals surface area contributed by atoms with E-state index in [1.54, 1.807) is 0 Å². The number of nitrogens with one attached hydrogen (secondary N) is 2. The largest absolute Gasteiger partial charge is 0.464 e. The molecular weight excluding hydrogens is 258 g/mol. The summed E-state index contributed by atoms with van der Waals surface area (Å²) >= 11 is 0. The molecule has 0 amide bonds. The van der Waals surface area contributed by atoms with Gasteiger partial charge in [0.15, 0.2) is 0 Å². The first-order chi connectivity index (χ1) is 9.81. The lowest BCUT2D eigenvalue weighted by atomic mass is 10.4. The molecule has 20 heavy (non-hydrogen) atoms. The van der Waals surface area contributed by atoms with Crippen molar-refractivity contribution in [3.63, 3.8) is 0 Å². The van der Waals surface area contributed by atoms with Gasteiger partial charge in [0.2, 0.25) is 11.9 Å². The summed E-state index contributed by atoms with van der Waals surface area (Å²) in [4.78, 5) is 14.8. The molecule has 0 spiro atoms. The highest BCUT2D eigenvalue weighted by Gasteiger charge is 2.10. The van der Waals surface area contributed by atoms with Gasteiger partial charge in [0.25, 0.3) is 0 Å². The number of nitrogen functional groups attached to an aromatic ring is 1. The Morgan fingerprint density at radius 3 is 2.65 bits per heavy atom. The number of rotatable bonds is 8. The van der Waals surface area contributed by atoms with Gasteiger partial charge >= 0.3 is 6.01 Å². The minimum absolute atomic E-state index is 0.275. The number of hydrazine groups is 1. The predicted molar refractivity (Wildman–Crippen MR) is 77.6 cm³/mol. The molecule has 0 saturated carbocycles. The monoisotopic (exact) mass is 281 g/mol. The Balaban J connectivity index is 1.79. The van der Waals surface area contributed by atoms with E-state index < -0.39 is 0 Å². The van der Waals surface area contributed by atoms with E-state index in [9.17, 15) is 0 Å². The number of nitrogens with two attached hydrogens (primary N) is 1. The average Bonchev–Trinajstić information content (AvgIpc) is 2.97. The minimum atomic E-state index is 0.275. The molecule has 1 aromatic heterocycles. The zero-order valence-corrected chi connectivity index (χ0v) is 11.9. The summed E-state index contributed by atoms with van der Waals surface area (Å²) in [5.74, 6) is 6.11. The van der Waals surface area contributed by atoms with Gasteiger partial charge in [-0.2, -0.15) is 15.0 Å². The molecule has 0 radical (unpaired) electrons. The van der Waals surface area contributed by atoms with Crippen LogP contribution in [0, 0.1) is 0 Å². The molecule has 1 saturated heterocycles. The van der Waals surface area contributed by atoms with Crippen LogP contribution < -0.4 is 21.3 Å². The molecule has 0 atom stereocenters. The van der Waals surface area contributed by atoms with E-state index >= 15 is 0 Å². The number of anilines is 2. The quantitative estimate of drug-likeness (QED) is 0.359. The molecule has 1 aliphatic heterocycles. The van der Waals surface area contributed by atoms with Gasteiger partial charge in [0.1, 0.15) is 0 Å². The highest BCUT2D eigenvalue weighted by atomic mass is 16.5. The Labute approximate surface area is 119 Å². The standard InChI is InChI=1S/C12H23N7O/c1-2-20-12-16-10(15-11(17-12)18-13)14-6-5-9-19-7-3-4-8-19/h2-9,13H2,1H3,(H2,14,15,16,17,18). The van der Waals surface area contributed by atoms with Crippen molar-refractivity contribution >= 4 is 11.9 Å². The van der Waals surface area contributed by atoms with Crippen LogP contribution in [0.1, 0.15) is 26.2 Å². The van der Waals surface area contributed by atoms with Crippen molar-refractivity contribution < 1.29 is 4.74 Å². The van der Waals surface area contributed by atoms with Crippen LogP contribution in [0.4, 0.5) is 11.9 Å². The third-order valence-corrected chi connectivity index (χ3v) is 3.15. The highest BCUT2D eigenvalue weighted by Crippen LogP contribution is 2.11. The summed E-state index contributed by atoms with van der Waals surface area (Å²) in [6.07, 6.45) is 3.70. The van der Waals surface area contributed by atoms with Crippen molar-refractivity contribution in [1.82, 2.24) is 19.9 Å². The van der Waals surface area contributed by atoms with Crippen molar-refractivity contribution in [3.05, 3.63) is 0 Å². The molecule has 2 rings (SSSR count). The maximum atomic E-state index is 5.33. The molecule has 0 bridgehead atoms. The van der Waals surface area contributed by atoms with Crippen molar-refractivity contribution in [2.75, 3.05) is 43.5 Å². The maximum Gasteiger partial charge on any atom is 0.323 e. The van der Waals surface area contributed by atoms with E-state index in [4.69, 9.17) is 10.6 Å². The molecule has 0 unspecified atom stereocenters. The molecule has 8 heteroatoms. The second-order valence-corrected chi connectivity index (χ2v) is 4.67. The number of ether oxygens (including phenoxy) is 1. The third kappa shape index (κ3) is 4.46. The summed E-state index contributed by atoms with van der Waals surface area (Å²) < 4.78 is 5.27. The van der Waals surface area contributed by atoms with Crippen LogP contribution in [0.15, 0.2) is 0 Å². The Morgan fingerprint density at radius 2 is 1.95 bits per heavy atom. The minimum Gasteiger partial charge on any atom is -0.464 e. The first-order valence-electron chi connectivity index (χ1n) is 7.13. The van der Waals surface area contributed by atoms with E-state index in [-0.39, 0.29) is 6.01 Å². The number of aromatic nitrogens is 3. The normalized spacial score (nSPS) is 15.3. The average molecular weight is 281 g/mol. The van der Waals surface area contributed by atoms with E-state index in [1.165, 1.54) is 25.9 Å². The molecule has 0 aromatic carbocycles. The first kappa shape index (κ1) is 14.7. The summed E-state index contributed by atoms with van der Waals surface area (Å²) in [6.45, 7) is 6.75. The third-order valence-electron chi connectivity index (χ3n) is 3.15. The fourth-order valence-corrected chi connectivity index (χ4v) is 2.20. The van der Waals surface area contributed by atoms with Gasteiger partial charge in [-0.05, 0) is 45.8 Å². The topological polar surface area (TPSA) is 101 Å². The molecule has 0 aliphatic carbocycles. The highest BCUT2D eigenvalue weighted by molar-refractivity contribution is 5.34. The molecule has 112 valence electrons. The molecular formula is C12H23N7O. The SMILES string of the molecule is CCOc1nc(NN)nc(NCCCN2CCCC2)n1. The Morgan fingerprint density at radius 1 is 1.20 bits per heavy atom. The van der Waals surface area contributed by atoms with Crippen LogP contribution in [-0.4, -0.2) is 52.6 Å². The van der Waals surface area contributed by atoms with Gasteiger partial charge < -0.3 is 15.0 Å². The summed E-state index contributed by atoms with van der Waals surface area (Å²) in [5.41, 5.74) is 2.41. The van der Waals surface area contributed by atoms with Crippen molar-refractivity contribution in [2.24, 2.45) is 5.84 Å². The second kappa shape index (κ2) is 7.81.